The van der Waals surface area contributed by atoms with Gasteiger partial charge in [-0.1, -0.05) is 6.07 Å². The minimum Gasteiger partial charge on any atom is -0.493 e. The molecule has 0 amide bonds. The van der Waals surface area contributed by atoms with Crippen LogP contribution in [0.2, 0.25) is 0 Å². The minimum atomic E-state index is -0.574. The third-order valence-electron chi connectivity index (χ3n) is 7.58. The molecule has 25 heavy (non-hydrogen) atoms. The van der Waals surface area contributed by atoms with Crippen molar-refractivity contribution in [2.45, 2.75) is 49.0 Å². The molecule has 134 valence electrons. The molecule has 2 aliphatic carbocycles. The van der Waals surface area contributed by atoms with Crippen LogP contribution >= 0.6 is 0 Å². The fraction of sp³-hybridized carbons (Fsp3) is 0.700. The Hall–Kier alpha value is -1.30. The Bertz CT molecular complexity index is 743. The number of piperidine rings is 1. The first-order valence-electron chi connectivity index (χ1n) is 9.55. The Labute approximate surface area is 148 Å². The smallest absolute Gasteiger partial charge is 0.206 e. The van der Waals surface area contributed by atoms with Crippen LogP contribution in [-0.4, -0.2) is 56.7 Å². The average Bonchev–Trinajstić information content (AvgIpc) is 3.23. The molecule has 0 N–H and O–H groups in total. The molecule has 2 spiro atoms. The predicted octanol–water partition coefficient (Wildman–Crippen LogP) is 2.11. The molecule has 2 saturated heterocycles. The zero-order chi connectivity index (χ0) is 16.8. The first kappa shape index (κ1) is 14.8. The van der Waals surface area contributed by atoms with Crippen LogP contribution in [0.5, 0.6) is 11.5 Å². The number of fused-ring (bicyclic) bond motifs is 1. The van der Waals surface area contributed by atoms with Gasteiger partial charge in [0, 0.05) is 23.4 Å². The van der Waals surface area contributed by atoms with Crippen LogP contribution in [0.3, 0.4) is 0 Å². The molecule has 5 nitrogen and oxygen atoms in total. The maximum absolute atomic E-state index is 6.68. The van der Waals surface area contributed by atoms with Gasteiger partial charge in [-0.05, 0) is 50.4 Å². The molecule has 4 atom stereocenters. The Balaban J connectivity index is 1.62. The van der Waals surface area contributed by atoms with Crippen molar-refractivity contribution in [3.63, 3.8) is 0 Å². The van der Waals surface area contributed by atoms with E-state index in [4.69, 9.17) is 18.9 Å². The van der Waals surface area contributed by atoms with Crippen LogP contribution in [-0.2, 0) is 21.3 Å². The lowest BCUT2D eigenvalue weighted by Gasteiger charge is -2.60. The molecule has 3 heterocycles. The Kier molecular flexibility index (Phi) is 2.79. The lowest BCUT2D eigenvalue weighted by Crippen LogP contribution is -2.69. The third-order valence-corrected chi connectivity index (χ3v) is 7.58. The minimum absolute atomic E-state index is 0.0111. The summed E-state index contributed by atoms with van der Waals surface area (Å²) in [5.74, 6) is 1.84. The van der Waals surface area contributed by atoms with Gasteiger partial charge in [0.1, 0.15) is 0 Å². The number of hydrogen-bond donors (Lipinski definition) is 0. The maximum atomic E-state index is 6.68. The van der Waals surface area contributed by atoms with Crippen LogP contribution in [0.4, 0.5) is 0 Å². The molecule has 3 aliphatic heterocycles. The second kappa shape index (κ2) is 4.70. The number of nitrogens with zero attached hydrogens (tertiary/aromatic N) is 1. The molecule has 5 heteroatoms. The standard InChI is InChI=1S/C20H25NO4/c1-21-8-7-19-13-5-6-20(23-9-10-24-20)18(19)25-17-15(22-2)4-3-12(16(17)19)11-14(13)21/h3-4,13-14,18H,5-11H2,1-2H3/t13?,14-,18?,19+/m1/s1. The van der Waals surface area contributed by atoms with Gasteiger partial charge in [0.15, 0.2) is 17.6 Å². The molecule has 1 aromatic rings. The van der Waals surface area contributed by atoms with Crippen molar-refractivity contribution in [2.75, 3.05) is 33.9 Å². The van der Waals surface area contributed by atoms with Crippen molar-refractivity contribution in [3.05, 3.63) is 23.3 Å². The molecule has 6 rings (SSSR count). The van der Waals surface area contributed by atoms with Crippen LogP contribution in [0.1, 0.15) is 30.4 Å². The molecule has 2 unspecified atom stereocenters. The van der Waals surface area contributed by atoms with Crippen molar-refractivity contribution in [1.82, 2.24) is 4.90 Å². The van der Waals surface area contributed by atoms with Crippen molar-refractivity contribution in [2.24, 2.45) is 5.92 Å². The fourth-order valence-corrected chi connectivity index (χ4v) is 6.63. The van der Waals surface area contributed by atoms with E-state index in [0.29, 0.717) is 25.2 Å². The van der Waals surface area contributed by atoms with Crippen LogP contribution in [0.15, 0.2) is 12.1 Å². The summed E-state index contributed by atoms with van der Waals surface area (Å²) in [5.41, 5.74) is 2.85. The normalized spacial score (nSPS) is 40.0. The van der Waals surface area contributed by atoms with E-state index in [0.717, 1.165) is 43.7 Å². The molecule has 0 radical (unpaired) electrons. The van der Waals surface area contributed by atoms with E-state index in [1.54, 1.807) is 7.11 Å². The second-order valence-electron chi connectivity index (χ2n) is 8.33. The van der Waals surface area contributed by atoms with Gasteiger partial charge in [0.2, 0.25) is 5.79 Å². The number of ether oxygens (including phenoxy) is 4. The lowest BCUT2D eigenvalue weighted by atomic mass is 9.50. The van der Waals surface area contributed by atoms with Gasteiger partial charge >= 0.3 is 0 Å². The highest BCUT2D eigenvalue weighted by molar-refractivity contribution is 5.61. The predicted molar refractivity (Wildman–Crippen MR) is 91.2 cm³/mol. The van der Waals surface area contributed by atoms with Crippen molar-refractivity contribution < 1.29 is 18.9 Å². The van der Waals surface area contributed by atoms with E-state index in [-0.39, 0.29) is 11.5 Å². The first-order chi connectivity index (χ1) is 12.2. The molecule has 3 fully saturated rings. The highest BCUT2D eigenvalue weighted by atomic mass is 16.8. The Morgan fingerprint density at radius 3 is 2.84 bits per heavy atom. The maximum Gasteiger partial charge on any atom is 0.206 e. The van der Waals surface area contributed by atoms with E-state index < -0.39 is 5.79 Å². The van der Waals surface area contributed by atoms with Crippen LogP contribution in [0, 0.1) is 5.92 Å². The monoisotopic (exact) mass is 343 g/mol. The number of likely N-dealkylation sites (N-methyl/N-ethyl adjacent to an activating group) is 1. The molecule has 0 aromatic heterocycles. The molecule has 5 aliphatic rings. The summed E-state index contributed by atoms with van der Waals surface area (Å²) < 4.78 is 24.8. The average molecular weight is 343 g/mol. The van der Waals surface area contributed by atoms with Gasteiger partial charge in [-0.15, -0.1) is 0 Å². The van der Waals surface area contributed by atoms with Gasteiger partial charge in [0.05, 0.1) is 20.3 Å². The highest BCUT2D eigenvalue weighted by Gasteiger charge is 2.71. The van der Waals surface area contributed by atoms with E-state index in [9.17, 15) is 0 Å². The topological polar surface area (TPSA) is 40.2 Å². The van der Waals surface area contributed by atoms with Crippen LogP contribution in [0.25, 0.3) is 0 Å². The molecular weight excluding hydrogens is 318 g/mol. The van der Waals surface area contributed by atoms with Gasteiger partial charge in [-0.2, -0.15) is 0 Å². The molecule has 1 aromatic carbocycles. The SMILES string of the molecule is COc1ccc2c3c1OC1C4(CCC5[C@@H](C2)N(C)CC[C@@]351)OCCO4. The number of hydrogen-bond acceptors (Lipinski definition) is 5. The van der Waals surface area contributed by atoms with Crippen LogP contribution < -0.4 is 9.47 Å². The molecule has 1 saturated carbocycles. The summed E-state index contributed by atoms with van der Waals surface area (Å²) >= 11 is 0. The quantitative estimate of drug-likeness (QED) is 0.781. The largest absolute Gasteiger partial charge is 0.493 e. The molecular formula is C20H25NO4. The van der Waals surface area contributed by atoms with Gasteiger partial charge in [-0.3, -0.25) is 0 Å². The fourth-order valence-electron chi connectivity index (χ4n) is 6.63. The number of likely N-dealkylation sites (tertiary alicyclic amines) is 1. The summed E-state index contributed by atoms with van der Waals surface area (Å²) in [5, 5.41) is 0. The van der Waals surface area contributed by atoms with E-state index in [1.807, 2.05) is 0 Å². The summed E-state index contributed by atoms with van der Waals surface area (Å²) in [6, 6.07) is 4.91. The lowest BCUT2D eigenvalue weighted by molar-refractivity contribution is -0.260. The summed E-state index contributed by atoms with van der Waals surface area (Å²) in [7, 11) is 4.02. The zero-order valence-corrected chi connectivity index (χ0v) is 14.9. The Morgan fingerprint density at radius 1 is 1.20 bits per heavy atom. The van der Waals surface area contributed by atoms with Gasteiger partial charge < -0.3 is 23.8 Å². The van der Waals surface area contributed by atoms with Crippen molar-refractivity contribution in [1.29, 1.82) is 0 Å². The van der Waals surface area contributed by atoms with Crippen molar-refractivity contribution >= 4 is 0 Å². The summed E-state index contributed by atoms with van der Waals surface area (Å²) in [4.78, 5) is 2.56. The number of rotatable bonds is 1. The summed E-state index contributed by atoms with van der Waals surface area (Å²) in [6.07, 6.45) is 4.24. The first-order valence-corrected chi connectivity index (χ1v) is 9.55. The van der Waals surface area contributed by atoms with E-state index >= 15 is 0 Å². The van der Waals surface area contributed by atoms with E-state index in [2.05, 4.69) is 24.1 Å². The number of methoxy groups -OCH3 is 1. The third kappa shape index (κ3) is 1.57. The van der Waals surface area contributed by atoms with E-state index in [1.165, 1.54) is 11.1 Å². The zero-order valence-electron chi connectivity index (χ0n) is 14.9. The van der Waals surface area contributed by atoms with Crippen molar-refractivity contribution in [3.8, 4) is 11.5 Å². The summed E-state index contributed by atoms with van der Waals surface area (Å²) in [6.45, 7) is 2.45. The van der Waals surface area contributed by atoms with Gasteiger partial charge in [-0.25, -0.2) is 0 Å². The van der Waals surface area contributed by atoms with Gasteiger partial charge in [0.25, 0.3) is 0 Å². The second-order valence-corrected chi connectivity index (χ2v) is 8.33. The Morgan fingerprint density at radius 2 is 2.04 bits per heavy atom. The molecule has 2 bridgehead atoms. The highest BCUT2D eigenvalue weighted by Crippen LogP contribution is 2.66. The number of benzene rings is 1.